The molecule has 1 unspecified atom stereocenters. The van der Waals surface area contributed by atoms with Crippen molar-refractivity contribution in [1.29, 1.82) is 0 Å². The van der Waals surface area contributed by atoms with Gasteiger partial charge >= 0.3 is 5.97 Å². The van der Waals surface area contributed by atoms with Crippen molar-refractivity contribution in [1.82, 2.24) is 0 Å². The Morgan fingerprint density at radius 2 is 1.52 bits per heavy atom. The van der Waals surface area contributed by atoms with Gasteiger partial charge in [0.25, 0.3) is 0 Å². The van der Waals surface area contributed by atoms with Gasteiger partial charge in [-0.25, -0.2) is 0 Å². The summed E-state index contributed by atoms with van der Waals surface area (Å²) in [4.78, 5) is 10.3. The summed E-state index contributed by atoms with van der Waals surface area (Å²) in [7, 11) is 0. The van der Waals surface area contributed by atoms with Crippen LogP contribution in [0.1, 0.15) is 90.4 Å². The molecule has 3 nitrogen and oxygen atoms in total. The Bertz CT molecular complexity index is 261. The Kier molecular flexibility index (Phi) is 14.9. The molecule has 0 heterocycles. The smallest absolute Gasteiger partial charge is 0.303 e. The number of aliphatic hydroxyl groups excluding tert-OH is 1. The lowest BCUT2D eigenvalue weighted by atomic mass is 10.1. The standard InChI is InChI=1S/C18H34O3/c1-2-3-14-17(19)15-12-10-8-6-4-5-7-9-11-13-16-18(20)21/h8,10,17,19H,2-7,9,11-16H2,1H3,(H,20,21). The van der Waals surface area contributed by atoms with Gasteiger partial charge in [-0.15, -0.1) is 0 Å². The van der Waals surface area contributed by atoms with Crippen LogP contribution in [-0.2, 0) is 4.79 Å². The van der Waals surface area contributed by atoms with Crippen LogP contribution in [0.4, 0.5) is 0 Å². The fraction of sp³-hybridized carbons (Fsp3) is 0.833. The van der Waals surface area contributed by atoms with Gasteiger partial charge in [-0.3, -0.25) is 4.79 Å². The van der Waals surface area contributed by atoms with Gasteiger partial charge in [0.1, 0.15) is 0 Å². The van der Waals surface area contributed by atoms with Gasteiger partial charge in [0.2, 0.25) is 0 Å². The summed E-state index contributed by atoms with van der Waals surface area (Å²) in [6, 6.07) is 0. The van der Waals surface area contributed by atoms with Crippen LogP contribution in [0.25, 0.3) is 0 Å². The maximum atomic E-state index is 10.3. The minimum atomic E-state index is -0.681. The zero-order valence-electron chi connectivity index (χ0n) is 13.7. The highest BCUT2D eigenvalue weighted by molar-refractivity contribution is 5.66. The molecule has 0 aromatic carbocycles. The molecule has 0 aromatic heterocycles. The van der Waals surface area contributed by atoms with Crippen LogP contribution >= 0.6 is 0 Å². The number of carboxylic acids is 1. The normalized spacial score (nSPS) is 12.9. The Morgan fingerprint density at radius 1 is 0.905 bits per heavy atom. The molecule has 0 aliphatic rings. The van der Waals surface area contributed by atoms with Crippen molar-refractivity contribution < 1.29 is 15.0 Å². The molecule has 3 heteroatoms. The van der Waals surface area contributed by atoms with E-state index < -0.39 is 5.97 Å². The maximum Gasteiger partial charge on any atom is 0.303 e. The van der Waals surface area contributed by atoms with Gasteiger partial charge in [0, 0.05) is 6.42 Å². The fourth-order valence-corrected chi connectivity index (χ4v) is 2.35. The number of carboxylic acid groups (broad SMARTS) is 1. The molecule has 0 bridgehead atoms. The topological polar surface area (TPSA) is 57.5 Å². The van der Waals surface area contributed by atoms with Crippen molar-refractivity contribution in [3.8, 4) is 0 Å². The predicted molar refractivity (Wildman–Crippen MR) is 88.5 cm³/mol. The molecular weight excluding hydrogens is 264 g/mol. The molecular formula is C18H34O3. The summed E-state index contributed by atoms with van der Waals surface area (Å²) >= 11 is 0. The monoisotopic (exact) mass is 298 g/mol. The van der Waals surface area contributed by atoms with Crippen LogP contribution in [0.15, 0.2) is 12.2 Å². The van der Waals surface area contributed by atoms with E-state index >= 15 is 0 Å². The minimum Gasteiger partial charge on any atom is -0.481 e. The summed E-state index contributed by atoms with van der Waals surface area (Å²) in [5, 5.41) is 18.2. The van der Waals surface area contributed by atoms with Crippen molar-refractivity contribution in [3.63, 3.8) is 0 Å². The summed E-state index contributed by atoms with van der Waals surface area (Å²) in [6.45, 7) is 2.15. The summed E-state index contributed by atoms with van der Waals surface area (Å²) in [5.74, 6) is -0.681. The number of carbonyl (C=O) groups is 1. The summed E-state index contributed by atoms with van der Waals surface area (Å²) in [6.07, 6.45) is 17.5. The largest absolute Gasteiger partial charge is 0.481 e. The van der Waals surface area contributed by atoms with Crippen LogP contribution in [0, 0.1) is 0 Å². The van der Waals surface area contributed by atoms with E-state index in [9.17, 15) is 9.90 Å². The Labute approximate surface area is 130 Å². The van der Waals surface area contributed by atoms with E-state index in [1.165, 1.54) is 19.3 Å². The van der Waals surface area contributed by atoms with Gasteiger partial charge in [-0.05, 0) is 38.5 Å². The number of allylic oxidation sites excluding steroid dienone is 2. The molecule has 0 aliphatic carbocycles. The lowest BCUT2D eigenvalue weighted by Crippen LogP contribution is -2.04. The summed E-state index contributed by atoms with van der Waals surface area (Å²) < 4.78 is 0. The van der Waals surface area contributed by atoms with Crippen LogP contribution in [0.2, 0.25) is 0 Å². The van der Waals surface area contributed by atoms with Gasteiger partial charge < -0.3 is 10.2 Å². The Morgan fingerprint density at radius 3 is 2.19 bits per heavy atom. The molecule has 0 fully saturated rings. The quantitative estimate of drug-likeness (QED) is 0.327. The van der Waals surface area contributed by atoms with E-state index in [4.69, 9.17) is 5.11 Å². The molecule has 21 heavy (non-hydrogen) atoms. The molecule has 1 atom stereocenters. The van der Waals surface area contributed by atoms with E-state index in [-0.39, 0.29) is 6.10 Å². The highest BCUT2D eigenvalue weighted by Crippen LogP contribution is 2.10. The molecule has 0 saturated heterocycles. The fourth-order valence-electron chi connectivity index (χ4n) is 2.35. The molecule has 0 radical (unpaired) electrons. The third kappa shape index (κ3) is 17.1. The minimum absolute atomic E-state index is 0.125. The van der Waals surface area contributed by atoms with E-state index in [0.717, 1.165) is 57.8 Å². The SMILES string of the molecule is CCCCC(O)CCC=CCCCCCCCCC(=O)O. The predicted octanol–water partition coefficient (Wildman–Crippen LogP) is 5.08. The van der Waals surface area contributed by atoms with Crippen LogP contribution in [0.5, 0.6) is 0 Å². The average molecular weight is 298 g/mol. The van der Waals surface area contributed by atoms with Crippen molar-refractivity contribution in [2.24, 2.45) is 0 Å². The molecule has 0 saturated carbocycles. The first-order valence-electron chi connectivity index (χ1n) is 8.71. The zero-order valence-corrected chi connectivity index (χ0v) is 13.7. The maximum absolute atomic E-state index is 10.3. The van der Waals surface area contributed by atoms with E-state index in [1.54, 1.807) is 0 Å². The average Bonchev–Trinajstić information content (AvgIpc) is 2.45. The van der Waals surface area contributed by atoms with Crippen molar-refractivity contribution in [3.05, 3.63) is 12.2 Å². The van der Waals surface area contributed by atoms with Crippen molar-refractivity contribution in [2.75, 3.05) is 0 Å². The number of aliphatic hydroxyl groups is 1. The Hall–Kier alpha value is -0.830. The second-order valence-corrected chi connectivity index (χ2v) is 5.90. The number of aliphatic carboxylic acids is 1. The van der Waals surface area contributed by atoms with Crippen LogP contribution in [-0.4, -0.2) is 22.3 Å². The zero-order chi connectivity index (χ0) is 15.8. The molecule has 0 rings (SSSR count). The van der Waals surface area contributed by atoms with Crippen molar-refractivity contribution in [2.45, 2.75) is 96.5 Å². The van der Waals surface area contributed by atoms with E-state index in [1.807, 2.05) is 0 Å². The highest BCUT2D eigenvalue weighted by Gasteiger charge is 2.00. The molecule has 2 N–H and O–H groups in total. The second kappa shape index (κ2) is 15.6. The molecule has 0 spiro atoms. The lowest BCUT2D eigenvalue weighted by Gasteiger charge is -2.07. The van der Waals surface area contributed by atoms with Gasteiger partial charge in [-0.2, -0.15) is 0 Å². The van der Waals surface area contributed by atoms with E-state index in [2.05, 4.69) is 19.1 Å². The second-order valence-electron chi connectivity index (χ2n) is 5.90. The first kappa shape index (κ1) is 20.2. The number of hydrogen-bond acceptors (Lipinski definition) is 2. The number of rotatable bonds is 15. The Balaban J connectivity index is 3.20. The van der Waals surface area contributed by atoms with Gasteiger partial charge in [-0.1, -0.05) is 57.6 Å². The van der Waals surface area contributed by atoms with Crippen LogP contribution in [0.3, 0.4) is 0 Å². The number of unbranched alkanes of at least 4 members (excludes halogenated alkanes) is 7. The number of hydrogen-bond donors (Lipinski definition) is 2. The lowest BCUT2D eigenvalue weighted by molar-refractivity contribution is -0.137. The third-order valence-corrected chi connectivity index (χ3v) is 3.74. The van der Waals surface area contributed by atoms with Crippen molar-refractivity contribution >= 4 is 5.97 Å². The van der Waals surface area contributed by atoms with Crippen LogP contribution < -0.4 is 0 Å². The summed E-state index contributed by atoms with van der Waals surface area (Å²) in [5.41, 5.74) is 0. The third-order valence-electron chi connectivity index (χ3n) is 3.74. The van der Waals surface area contributed by atoms with Gasteiger partial charge in [0.05, 0.1) is 6.10 Å². The molecule has 0 aromatic rings. The first-order chi connectivity index (χ1) is 10.2. The van der Waals surface area contributed by atoms with Gasteiger partial charge in [0.15, 0.2) is 0 Å². The first-order valence-corrected chi connectivity index (χ1v) is 8.71. The molecule has 124 valence electrons. The molecule has 0 amide bonds. The highest BCUT2D eigenvalue weighted by atomic mass is 16.4. The molecule has 0 aliphatic heterocycles. The van der Waals surface area contributed by atoms with E-state index in [0.29, 0.717) is 6.42 Å².